The summed E-state index contributed by atoms with van der Waals surface area (Å²) in [7, 11) is -5.31. The van der Waals surface area contributed by atoms with Crippen LogP contribution < -0.4 is 5.73 Å². The standard InChI is InChI=1S/C2H5F2NO3S/c3-2(4,1-5)9(6,7)8/h1,5H2,(H,6,7,8). The Morgan fingerprint density at radius 1 is 1.56 bits per heavy atom. The lowest BCUT2D eigenvalue weighted by Crippen LogP contribution is -2.36. The fourth-order valence-electron chi connectivity index (χ4n) is 0.105. The predicted molar refractivity (Wildman–Crippen MR) is 25.6 cm³/mol. The Morgan fingerprint density at radius 3 is 1.89 bits per heavy atom. The predicted octanol–water partition coefficient (Wildman–Crippen LogP) is -0.574. The van der Waals surface area contributed by atoms with E-state index in [0.717, 1.165) is 0 Å². The number of nitrogens with two attached hydrogens (primary N) is 1. The normalized spacial score (nSPS) is 13.8. The van der Waals surface area contributed by atoms with Gasteiger partial charge < -0.3 is 5.73 Å². The largest absolute Gasteiger partial charge is 0.381 e. The van der Waals surface area contributed by atoms with Crippen LogP contribution in [-0.2, 0) is 10.1 Å². The molecule has 0 aromatic rings. The summed E-state index contributed by atoms with van der Waals surface area (Å²) in [5, 5.41) is -4.22. The van der Waals surface area contributed by atoms with Gasteiger partial charge in [0.2, 0.25) is 0 Å². The monoisotopic (exact) mass is 161 g/mol. The van der Waals surface area contributed by atoms with Gasteiger partial charge >= 0.3 is 15.4 Å². The molecular formula is C2H5F2NO3S. The van der Waals surface area contributed by atoms with Crippen LogP contribution in [0.1, 0.15) is 0 Å². The van der Waals surface area contributed by atoms with Gasteiger partial charge in [-0.2, -0.15) is 17.2 Å². The second-order valence-corrected chi connectivity index (χ2v) is 2.86. The molecule has 7 heteroatoms. The van der Waals surface area contributed by atoms with Crippen molar-refractivity contribution >= 4 is 10.1 Å². The van der Waals surface area contributed by atoms with E-state index in [1.807, 2.05) is 0 Å². The van der Waals surface area contributed by atoms with Gasteiger partial charge in [-0.05, 0) is 0 Å². The minimum Gasteiger partial charge on any atom is -0.324 e. The number of hydrogen-bond acceptors (Lipinski definition) is 3. The SMILES string of the molecule is NCC(F)(F)S(=O)(=O)O. The maximum absolute atomic E-state index is 11.7. The van der Waals surface area contributed by atoms with Crippen molar-refractivity contribution in [2.75, 3.05) is 6.54 Å². The van der Waals surface area contributed by atoms with Crippen molar-refractivity contribution < 1.29 is 21.8 Å². The van der Waals surface area contributed by atoms with Crippen LogP contribution in [0.2, 0.25) is 0 Å². The molecule has 0 aromatic carbocycles. The van der Waals surface area contributed by atoms with Crippen LogP contribution in [0.15, 0.2) is 0 Å². The quantitative estimate of drug-likeness (QED) is 0.531. The average Bonchev–Trinajstić information content (AvgIpc) is 1.64. The third kappa shape index (κ3) is 1.84. The van der Waals surface area contributed by atoms with E-state index in [1.54, 1.807) is 0 Å². The molecule has 9 heavy (non-hydrogen) atoms. The highest BCUT2D eigenvalue weighted by molar-refractivity contribution is 7.86. The van der Waals surface area contributed by atoms with Crippen LogP contribution in [0.3, 0.4) is 0 Å². The molecule has 0 bridgehead atoms. The van der Waals surface area contributed by atoms with Crippen molar-refractivity contribution in [2.24, 2.45) is 5.73 Å². The van der Waals surface area contributed by atoms with E-state index in [2.05, 4.69) is 5.73 Å². The molecule has 0 saturated carbocycles. The van der Waals surface area contributed by atoms with E-state index < -0.39 is 21.9 Å². The zero-order valence-corrected chi connectivity index (χ0v) is 5.03. The molecular weight excluding hydrogens is 156 g/mol. The molecule has 0 radical (unpaired) electrons. The molecule has 0 fully saturated rings. The van der Waals surface area contributed by atoms with Crippen LogP contribution in [0.4, 0.5) is 8.78 Å². The summed E-state index contributed by atoms with van der Waals surface area (Å²) in [4.78, 5) is 0. The second-order valence-electron chi connectivity index (χ2n) is 1.32. The maximum Gasteiger partial charge on any atom is 0.381 e. The first-order valence-corrected chi connectivity index (χ1v) is 3.30. The lowest BCUT2D eigenvalue weighted by atomic mass is 10.7. The maximum atomic E-state index is 11.7. The molecule has 0 saturated heterocycles. The Bertz CT molecular complexity index is 186. The van der Waals surface area contributed by atoms with Crippen molar-refractivity contribution in [1.82, 2.24) is 0 Å². The minimum atomic E-state index is -5.31. The first-order valence-electron chi connectivity index (χ1n) is 1.86. The lowest BCUT2D eigenvalue weighted by molar-refractivity contribution is 0.0902. The molecule has 0 spiro atoms. The highest BCUT2D eigenvalue weighted by Crippen LogP contribution is 2.17. The van der Waals surface area contributed by atoms with E-state index in [1.165, 1.54) is 0 Å². The summed E-state index contributed by atoms with van der Waals surface area (Å²) in [6.45, 7) is -1.41. The zero-order chi connectivity index (χ0) is 7.71. The summed E-state index contributed by atoms with van der Waals surface area (Å²) in [5.74, 6) is 0. The molecule has 0 aliphatic carbocycles. The first-order chi connectivity index (χ1) is 3.81. The Labute approximate surface area is 50.4 Å². The molecule has 56 valence electrons. The van der Waals surface area contributed by atoms with Gasteiger partial charge in [0.25, 0.3) is 0 Å². The summed E-state index contributed by atoms with van der Waals surface area (Å²) in [6, 6.07) is 0. The lowest BCUT2D eigenvalue weighted by Gasteiger charge is -2.07. The third-order valence-electron chi connectivity index (χ3n) is 0.615. The average molecular weight is 161 g/mol. The molecule has 0 heterocycles. The molecule has 4 nitrogen and oxygen atoms in total. The summed E-state index contributed by atoms with van der Waals surface area (Å²) < 4.78 is 50.3. The van der Waals surface area contributed by atoms with Crippen molar-refractivity contribution in [2.45, 2.75) is 5.25 Å². The molecule has 0 aliphatic heterocycles. The molecule has 0 aromatic heterocycles. The van der Waals surface area contributed by atoms with Crippen LogP contribution in [0.25, 0.3) is 0 Å². The van der Waals surface area contributed by atoms with Gasteiger partial charge in [-0.3, -0.25) is 4.55 Å². The first kappa shape index (κ1) is 8.73. The number of hydrogen-bond donors (Lipinski definition) is 2. The van der Waals surface area contributed by atoms with Crippen molar-refractivity contribution in [3.8, 4) is 0 Å². The van der Waals surface area contributed by atoms with Crippen LogP contribution in [0, 0.1) is 0 Å². The van der Waals surface area contributed by atoms with Crippen molar-refractivity contribution in [3.05, 3.63) is 0 Å². The topological polar surface area (TPSA) is 80.4 Å². The van der Waals surface area contributed by atoms with Crippen LogP contribution in [0.5, 0.6) is 0 Å². The smallest absolute Gasteiger partial charge is 0.324 e. The fraction of sp³-hybridized carbons (Fsp3) is 1.00. The Morgan fingerprint density at radius 2 is 1.89 bits per heavy atom. The molecule has 0 rings (SSSR count). The van der Waals surface area contributed by atoms with E-state index in [9.17, 15) is 17.2 Å². The summed E-state index contributed by atoms with van der Waals surface area (Å²) >= 11 is 0. The van der Waals surface area contributed by atoms with Gasteiger partial charge in [-0.15, -0.1) is 0 Å². The van der Waals surface area contributed by atoms with Gasteiger partial charge in [-0.1, -0.05) is 0 Å². The molecule has 0 aliphatic rings. The Hall–Kier alpha value is -0.270. The Kier molecular flexibility index (Phi) is 2.10. The van der Waals surface area contributed by atoms with E-state index in [0.29, 0.717) is 0 Å². The van der Waals surface area contributed by atoms with Gasteiger partial charge in [0.1, 0.15) is 0 Å². The van der Waals surface area contributed by atoms with Gasteiger partial charge in [-0.25, -0.2) is 0 Å². The minimum absolute atomic E-state index is 1.41. The second kappa shape index (κ2) is 2.16. The van der Waals surface area contributed by atoms with Gasteiger partial charge in [0.15, 0.2) is 0 Å². The van der Waals surface area contributed by atoms with Gasteiger partial charge in [0, 0.05) is 0 Å². The highest BCUT2D eigenvalue weighted by Gasteiger charge is 2.42. The van der Waals surface area contributed by atoms with Crippen molar-refractivity contribution in [3.63, 3.8) is 0 Å². The van der Waals surface area contributed by atoms with Crippen molar-refractivity contribution in [1.29, 1.82) is 0 Å². The fourth-order valence-corrected chi connectivity index (χ4v) is 0.316. The zero-order valence-electron chi connectivity index (χ0n) is 4.21. The van der Waals surface area contributed by atoms with E-state index in [4.69, 9.17) is 4.55 Å². The molecule has 3 N–H and O–H groups in total. The van der Waals surface area contributed by atoms with E-state index in [-0.39, 0.29) is 0 Å². The third-order valence-corrected chi connectivity index (χ3v) is 1.54. The van der Waals surface area contributed by atoms with E-state index >= 15 is 0 Å². The molecule has 0 amide bonds. The molecule has 0 atom stereocenters. The van der Waals surface area contributed by atoms with Crippen LogP contribution in [-0.4, -0.2) is 24.8 Å². The Balaban J connectivity index is 4.56. The highest BCUT2D eigenvalue weighted by atomic mass is 32.2. The van der Waals surface area contributed by atoms with Crippen LogP contribution >= 0.6 is 0 Å². The molecule has 0 unspecified atom stereocenters. The summed E-state index contributed by atoms with van der Waals surface area (Å²) in [6.07, 6.45) is 0. The number of halogens is 2. The van der Waals surface area contributed by atoms with Gasteiger partial charge in [0.05, 0.1) is 6.54 Å². The number of alkyl halides is 2. The summed E-state index contributed by atoms with van der Waals surface area (Å²) in [5.41, 5.74) is 4.30. The number of rotatable bonds is 2.